The van der Waals surface area contributed by atoms with Crippen LogP contribution in [0.15, 0.2) is 158 Å². The van der Waals surface area contributed by atoms with E-state index in [2.05, 4.69) is 172 Å². The molecule has 9 rings (SSSR count). The minimum Gasteiger partial charge on any atom is -0.457 e. The zero-order valence-electron chi connectivity index (χ0n) is 25.4. The second-order valence-corrected chi connectivity index (χ2v) is 12.9. The summed E-state index contributed by atoms with van der Waals surface area (Å²) in [4.78, 5) is 0. The number of hydrogen-bond acceptors (Lipinski definition) is 1. The second-order valence-electron chi connectivity index (χ2n) is 12.9. The highest BCUT2D eigenvalue weighted by atomic mass is 16.5. The summed E-state index contributed by atoms with van der Waals surface area (Å²) in [7, 11) is 0. The molecule has 1 heteroatoms. The number of benzene rings is 7. The van der Waals surface area contributed by atoms with Crippen LogP contribution >= 0.6 is 0 Å². The summed E-state index contributed by atoms with van der Waals surface area (Å²) in [5.74, 6) is 1.79. The largest absolute Gasteiger partial charge is 0.457 e. The molecule has 1 aliphatic heterocycles. The minimum absolute atomic E-state index is 0.0931. The smallest absolute Gasteiger partial charge is 0.132 e. The molecule has 2 aliphatic rings. The summed E-state index contributed by atoms with van der Waals surface area (Å²) in [6.45, 7) is 4.72. The van der Waals surface area contributed by atoms with Gasteiger partial charge in [-0.2, -0.15) is 0 Å². The van der Waals surface area contributed by atoms with Crippen LogP contribution in [-0.4, -0.2) is 0 Å². The molecule has 0 fully saturated rings. The summed E-state index contributed by atoms with van der Waals surface area (Å²) in [6, 6.07) is 57.4. The van der Waals surface area contributed by atoms with Crippen molar-refractivity contribution >= 4 is 10.8 Å². The van der Waals surface area contributed by atoms with Crippen molar-refractivity contribution in [1.82, 2.24) is 0 Å². The topological polar surface area (TPSA) is 9.23 Å². The Kier molecular flexibility index (Phi) is 5.53. The molecular formula is C44H32O. The molecule has 45 heavy (non-hydrogen) atoms. The molecule has 0 spiro atoms. The van der Waals surface area contributed by atoms with Gasteiger partial charge in [-0.3, -0.25) is 0 Å². The Balaban J connectivity index is 1.24. The Bertz CT molecular complexity index is 2220. The fraction of sp³-hybridized carbons (Fsp3) is 0.0909. The van der Waals surface area contributed by atoms with Gasteiger partial charge in [0.25, 0.3) is 0 Å². The van der Waals surface area contributed by atoms with Crippen LogP contribution in [0.5, 0.6) is 11.5 Å². The van der Waals surface area contributed by atoms with Crippen molar-refractivity contribution in [3.8, 4) is 33.8 Å². The molecule has 0 radical (unpaired) electrons. The van der Waals surface area contributed by atoms with Gasteiger partial charge in [0.15, 0.2) is 0 Å². The summed E-state index contributed by atoms with van der Waals surface area (Å²) in [5.41, 5.74) is 12.0. The lowest BCUT2D eigenvalue weighted by molar-refractivity contribution is 0.435. The molecule has 0 N–H and O–H groups in total. The Morgan fingerprint density at radius 1 is 0.444 bits per heavy atom. The van der Waals surface area contributed by atoms with Crippen molar-refractivity contribution in [2.75, 3.05) is 0 Å². The normalized spacial score (nSPS) is 15.0. The van der Waals surface area contributed by atoms with E-state index in [9.17, 15) is 0 Å². The monoisotopic (exact) mass is 576 g/mol. The van der Waals surface area contributed by atoms with Crippen LogP contribution in [0.4, 0.5) is 0 Å². The molecule has 1 aliphatic carbocycles. The third kappa shape index (κ3) is 3.61. The fourth-order valence-electron chi connectivity index (χ4n) is 8.08. The number of ether oxygens (including phenoxy) is 1. The fourth-order valence-corrected chi connectivity index (χ4v) is 8.08. The Morgan fingerprint density at radius 2 is 1.04 bits per heavy atom. The average Bonchev–Trinajstić information content (AvgIpc) is 3.33. The number of hydrogen-bond donors (Lipinski definition) is 0. The van der Waals surface area contributed by atoms with E-state index in [0.717, 1.165) is 28.2 Å². The van der Waals surface area contributed by atoms with Gasteiger partial charge >= 0.3 is 0 Å². The summed E-state index contributed by atoms with van der Waals surface area (Å²) >= 11 is 0. The average molecular weight is 577 g/mol. The van der Waals surface area contributed by atoms with Crippen LogP contribution < -0.4 is 4.74 Å². The third-order valence-electron chi connectivity index (χ3n) is 10.2. The molecular weight excluding hydrogens is 544 g/mol. The second kappa shape index (κ2) is 9.55. The van der Waals surface area contributed by atoms with E-state index in [1.54, 1.807) is 0 Å². The Morgan fingerprint density at radius 3 is 1.82 bits per heavy atom. The van der Waals surface area contributed by atoms with Crippen LogP contribution in [0.1, 0.15) is 47.2 Å². The molecule has 0 unspecified atom stereocenters. The summed E-state index contributed by atoms with van der Waals surface area (Å²) < 4.78 is 6.77. The van der Waals surface area contributed by atoms with Crippen LogP contribution in [-0.2, 0) is 10.8 Å². The maximum atomic E-state index is 6.77. The highest BCUT2D eigenvalue weighted by Gasteiger charge is 2.45. The molecule has 0 atom stereocenters. The first-order chi connectivity index (χ1) is 22.1. The lowest BCUT2D eigenvalue weighted by Crippen LogP contribution is -2.34. The van der Waals surface area contributed by atoms with E-state index in [-0.39, 0.29) is 5.41 Å². The lowest BCUT2D eigenvalue weighted by atomic mass is 9.63. The van der Waals surface area contributed by atoms with E-state index in [1.807, 2.05) is 0 Å². The molecule has 0 saturated heterocycles. The maximum absolute atomic E-state index is 6.77. The van der Waals surface area contributed by atoms with Crippen LogP contribution in [0, 0.1) is 0 Å². The highest BCUT2D eigenvalue weighted by molar-refractivity contribution is 6.02. The molecule has 214 valence electrons. The molecule has 0 aromatic heterocycles. The van der Waals surface area contributed by atoms with Gasteiger partial charge in [-0.25, -0.2) is 0 Å². The number of para-hydroxylation sites is 1. The van der Waals surface area contributed by atoms with Gasteiger partial charge in [-0.05, 0) is 73.5 Å². The van der Waals surface area contributed by atoms with Crippen molar-refractivity contribution in [1.29, 1.82) is 0 Å². The molecule has 7 aromatic rings. The van der Waals surface area contributed by atoms with Crippen LogP contribution in [0.25, 0.3) is 33.0 Å². The first kappa shape index (κ1) is 26.0. The Hall–Kier alpha value is -5.40. The highest BCUT2D eigenvalue weighted by Crippen LogP contribution is 2.56. The molecule has 1 heterocycles. The quantitative estimate of drug-likeness (QED) is 0.203. The van der Waals surface area contributed by atoms with Gasteiger partial charge in [-0.1, -0.05) is 153 Å². The van der Waals surface area contributed by atoms with Gasteiger partial charge in [0.1, 0.15) is 11.5 Å². The van der Waals surface area contributed by atoms with Gasteiger partial charge in [-0.15, -0.1) is 0 Å². The number of fused-ring (bicyclic) bond motifs is 7. The van der Waals surface area contributed by atoms with Crippen molar-refractivity contribution < 1.29 is 4.74 Å². The predicted octanol–water partition coefficient (Wildman–Crippen LogP) is 11.3. The standard InChI is InChI=1S/C44H32O/c1-43(2)38-26-22-29-13-9-10-18-34(29)42(38)35-24-21-30(27-39(35)43)31-23-25-37-41(28-31)45-40-20-12-11-19-36(40)44(37,32-14-5-3-6-15-32)33-16-7-4-8-17-33/h3-28H,1-2H3. The first-order valence-electron chi connectivity index (χ1n) is 15.8. The van der Waals surface area contributed by atoms with Crippen molar-refractivity contribution in [2.24, 2.45) is 0 Å². The van der Waals surface area contributed by atoms with E-state index < -0.39 is 5.41 Å². The minimum atomic E-state index is -0.506. The molecule has 7 aromatic carbocycles. The van der Waals surface area contributed by atoms with E-state index in [0.29, 0.717) is 0 Å². The third-order valence-corrected chi connectivity index (χ3v) is 10.2. The van der Waals surface area contributed by atoms with Gasteiger partial charge in [0.05, 0.1) is 5.41 Å². The van der Waals surface area contributed by atoms with Crippen molar-refractivity contribution in [2.45, 2.75) is 24.7 Å². The first-order valence-corrected chi connectivity index (χ1v) is 15.8. The Labute approximate surface area is 264 Å². The predicted molar refractivity (Wildman–Crippen MR) is 185 cm³/mol. The maximum Gasteiger partial charge on any atom is 0.132 e. The summed E-state index contributed by atoms with van der Waals surface area (Å²) in [6.07, 6.45) is 0. The molecule has 0 bridgehead atoms. The lowest BCUT2D eigenvalue weighted by Gasteiger charge is -2.41. The van der Waals surface area contributed by atoms with E-state index >= 15 is 0 Å². The zero-order chi connectivity index (χ0) is 30.2. The summed E-state index contributed by atoms with van der Waals surface area (Å²) in [5, 5.41) is 2.62. The van der Waals surface area contributed by atoms with Crippen molar-refractivity contribution in [3.05, 3.63) is 191 Å². The number of rotatable bonds is 3. The van der Waals surface area contributed by atoms with Crippen LogP contribution in [0.3, 0.4) is 0 Å². The SMILES string of the molecule is CC1(C)c2cc(-c3ccc4c(c3)Oc3ccccc3C4(c3ccccc3)c3ccccc3)ccc2-c2c1ccc1ccccc21. The molecule has 0 saturated carbocycles. The van der Waals surface area contributed by atoms with Crippen LogP contribution in [0.2, 0.25) is 0 Å². The van der Waals surface area contributed by atoms with Crippen molar-refractivity contribution in [3.63, 3.8) is 0 Å². The molecule has 0 amide bonds. The zero-order valence-corrected chi connectivity index (χ0v) is 25.4. The van der Waals surface area contributed by atoms with Gasteiger partial charge in [0, 0.05) is 16.5 Å². The van der Waals surface area contributed by atoms with Gasteiger partial charge in [0.2, 0.25) is 0 Å². The van der Waals surface area contributed by atoms with E-state index in [4.69, 9.17) is 4.74 Å². The van der Waals surface area contributed by atoms with E-state index in [1.165, 1.54) is 49.7 Å². The molecule has 1 nitrogen and oxygen atoms in total. The van der Waals surface area contributed by atoms with Gasteiger partial charge < -0.3 is 4.74 Å².